The molecule has 0 aliphatic heterocycles. The van der Waals surface area contributed by atoms with Crippen LogP contribution >= 0.6 is 23.4 Å². The third-order valence-electron chi connectivity index (χ3n) is 3.68. The Balaban J connectivity index is 1.57. The molecule has 1 aromatic heterocycles. The average molecular weight is 391 g/mol. The van der Waals surface area contributed by atoms with Crippen LogP contribution < -0.4 is 5.32 Å². The molecule has 0 atom stereocenters. The molecule has 0 saturated heterocycles. The molecule has 3 aromatic rings. The van der Waals surface area contributed by atoms with Gasteiger partial charge in [0.25, 0.3) is 0 Å². The van der Waals surface area contributed by atoms with Gasteiger partial charge in [-0.05, 0) is 29.8 Å². The predicted octanol–water partition coefficient (Wildman–Crippen LogP) is 3.68. The molecule has 26 heavy (non-hydrogen) atoms. The second-order valence-electron chi connectivity index (χ2n) is 5.54. The van der Waals surface area contributed by atoms with Crippen molar-refractivity contribution in [1.29, 1.82) is 0 Å². The van der Waals surface area contributed by atoms with E-state index in [-0.39, 0.29) is 17.5 Å². The van der Waals surface area contributed by atoms with Crippen molar-refractivity contribution >= 4 is 29.3 Å². The van der Waals surface area contributed by atoms with Crippen LogP contribution in [0.25, 0.3) is 11.4 Å². The van der Waals surface area contributed by atoms with E-state index in [1.807, 2.05) is 12.1 Å². The molecule has 0 unspecified atom stereocenters. The summed E-state index contributed by atoms with van der Waals surface area (Å²) in [5, 5.41) is 12.1. The molecule has 0 radical (unpaired) electrons. The van der Waals surface area contributed by atoms with Crippen molar-refractivity contribution < 1.29 is 9.18 Å². The number of aromatic nitrogens is 3. The summed E-state index contributed by atoms with van der Waals surface area (Å²) in [6.45, 7) is 0.426. The number of amides is 1. The minimum atomic E-state index is -0.361. The Bertz CT molecular complexity index is 914. The summed E-state index contributed by atoms with van der Waals surface area (Å²) in [6, 6.07) is 13.7. The van der Waals surface area contributed by atoms with Gasteiger partial charge in [0, 0.05) is 18.6 Å². The number of rotatable bonds is 6. The molecule has 0 spiro atoms. The number of carbonyl (C=O) groups excluding carboxylic acids is 1. The Hall–Kier alpha value is -2.38. The van der Waals surface area contributed by atoms with Gasteiger partial charge in [0.2, 0.25) is 5.91 Å². The van der Waals surface area contributed by atoms with Crippen LogP contribution in [0.1, 0.15) is 5.56 Å². The van der Waals surface area contributed by atoms with E-state index in [4.69, 9.17) is 11.6 Å². The number of nitrogens with one attached hydrogen (secondary N) is 1. The minimum Gasteiger partial charge on any atom is -0.351 e. The summed E-state index contributed by atoms with van der Waals surface area (Å²) in [7, 11) is 1.75. The summed E-state index contributed by atoms with van der Waals surface area (Å²) >= 11 is 7.08. The van der Waals surface area contributed by atoms with E-state index >= 15 is 0 Å². The van der Waals surface area contributed by atoms with Crippen molar-refractivity contribution in [3.05, 3.63) is 64.9 Å². The topological polar surface area (TPSA) is 59.8 Å². The van der Waals surface area contributed by atoms with Crippen LogP contribution in [-0.2, 0) is 18.4 Å². The molecular weight excluding hydrogens is 375 g/mol. The van der Waals surface area contributed by atoms with E-state index in [1.165, 1.54) is 17.8 Å². The van der Waals surface area contributed by atoms with Gasteiger partial charge in [0.1, 0.15) is 5.82 Å². The number of benzene rings is 2. The first kappa shape index (κ1) is 18.4. The maximum absolute atomic E-state index is 13.9. The molecule has 3 rings (SSSR count). The van der Waals surface area contributed by atoms with E-state index in [2.05, 4.69) is 15.5 Å². The Morgan fingerprint density at radius 3 is 2.65 bits per heavy atom. The third kappa shape index (κ3) is 4.42. The molecule has 1 N–H and O–H groups in total. The fraction of sp³-hybridized carbons (Fsp3) is 0.167. The number of halogens is 2. The highest BCUT2D eigenvalue weighted by atomic mass is 35.5. The van der Waals surface area contributed by atoms with Crippen molar-refractivity contribution in [2.24, 2.45) is 7.05 Å². The Morgan fingerprint density at radius 1 is 1.19 bits per heavy atom. The lowest BCUT2D eigenvalue weighted by Crippen LogP contribution is -2.24. The monoisotopic (exact) mass is 390 g/mol. The zero-order valence-electron chi connectivity index (χ0n) is 13.9. The molecule has 1 amide bonds. The lowest BCUT2D eigenvalue weighted by Gasteiger charge is -2.06. The van der Waals surface area contributed by atoms with Crippen LogP contribution in [0.15, 0.2) is 53.7 Å². The van der Waals surface area contributed by atoms with E-state index in [0.717, 1.165) is 5.56 Å². The quantitative estimate of drug-likeness (QED) is 0.652. The van der Waals surface area contributed by atoms with Crippen LogP contribution in [0.4, 0.5) is 4.39 Å². The molecule has 1 heterocycles. The smallest absolute Gasteiger partial charge is 0.230 e. The van der Waals surface area contributed by atoms with Crippen LogP contribution in [-0.4, -0.2) is 26.4 Å². The summed E-state index contributed by atoms with van der Waals surface area (Å²) in [5.41, 5.74) is 1.34. The highest BCUT2D eigenvalue weighted by Crippen LogP contribution is 2.24. The van der Waals surface area contributed by atoms with Gasteiger partial charge >= 0.3 is 0 Å². The van der Waals surface area contributed by atoms with Crippen molar-refractivity contribution in [1.82, 2.24) is 20.1 Å². The Kier molecular flexibility index (Phi) is 5.90. The minimum absolute atomic E-state index is 0.125. The molecule has 0 aliphatic carbocycles. The standard InChI is InChI=1S/C18H16ClFN4OS/c1-24-17(14-4-2-3-5-15(14)20)22-23-18(24)26-11-16(25)21-10-12-6-8-13(19)9-7-12/h2-9H,10-11H2,1H3,(H,21,25). The van der Waals surface area contributed by atoms with Gasteiger partial charge in [-0.15, -0.1) is 10.2 Å². The highest BCUT2D eigenvalue weighted by Gasteiger charge is 2.15. The van der Waals surface area contributed by atoms with E-state index < -0.39 is 0 Å². The van der Waals surface area contributed by atoms with E-state index in [0.29, 0.717) is 28.1 Å². The van der Waals surface area contributed by atoms with Gasteiger partial charge in [0.05, 0.1) is 11.3 Å². The first-order valence-corrected chi connectivity index (χ1v) is 9.19. The fourth-order valence-corrected chi connectivity index (χ4v) is 3.17. The predicted molar refractivity (Wildman–Crippen MR) is 100 cm³/mol. The summed E-state index contributed by atoms with van der Waals surface area (Å²) in [6.07, 6.45) is 0. The number of nitrogens with zero attached hydrogens (tertiary/aromatic N) is 3. The second kappa shape index (κ2) is 8.33. The highest BCUT2D eigenvalue weighted by molar-refractivity contribution is 7.99. The molecule has 5 nitrogen and oxygen atoms in total. The summed E-state index contributed by atoms with van der Waals surface area (Å²) in [5.74, 6) is 0.129. The van der Waals surface area contributed by atoms with Crippen molar-refractivity contribution in [2.75, 3.05) is 5.75 Å². The van der Waals surface area contributed by atoms with E-state index in [9.17, 15) is 9.18 Å². The lowest BCUT2D eigenvalue weighted by molar-refractivity contribution is -0.118. The summed E-state index contributed by atoms with van der Waals surface area (Å²) < 4.78 is 15.6. The molecule has 134 valence electrons. The van der Waals surface area contributed by atoms with Gasteiger partial charge < -0.3 is 9.88 Å². The van der Waals surface area contributed by atoms with E-state index in [1.54, 1.807) is 41.9 Å². The van der Waals surface area contributed by atoms with Gasteiger partial charge in [-0.25, -0.2) is 4.39 Å². The molecule has 0 bridgehead atoms. The second-order valence-corrected chi connectivity index (χ2v) is 6.92. The molecule has 0 aliphatic rings. The van der Waals surface area contributed by atoms with Crippen LogP contribution in [0.3, 0.4) is 0 Å². The SMILES string of the molecule is Cn1c(SCC(=O)NCc2ccc(Cl)cc2)nnc1-c1ccccc1F. The maximum atomic E-state index is 13.9. The molecule has 0 fully saturated rings. The molecular formula is C18H16ClFN4OS. The van der Waals surface area contributed by atoms with Gasteiger partial charge in [-0.1, -0.05) is 47.6 Å². The third-order valence-corrected chi connectivity index (χ3v) is 4.96. The van der Waals surface area contributed by atoms with Crippen LogP contribution in [0, 0.1) is 5.82 Å². The zero-order valence-corrected chi connectivity index (χ0v) is 15.5. The largest absolute Gasteiger partial charge is 0.351 e. The lowest BCUT2D eigenvalue weighted by atomic mass is 10.2. The van der Waals surface area contributed by atoms with Crippen molar-refractivity contribution in [2.45, 2.75) is 11.7 Å². The number of hydrogen-bond donors (Lipinski definition) is 1. The molecule has 2 aromatic carbocycles. The number of thioether (sulfide) groups is 1. The van der Waals surface area contributed by atoms with Gasteiger partial charge in [-0.3, -0.25) is 4.79 Å². The van der Waals surface area contributed by atoms with Crippen LogP contribution in [0.2, 0.25) is 5.02 Å². The first-order valence-electron chi connectivity index (χ1n) is 7.83. The fourth-order valence-electron chi connectivity index (χ4n) is 2.30. The van der Waals surface area contributed by atoms with Crippen molar-refractivity contribution in [3.63, 3.8) is 0 Å². The molecule has 8 heteroatoms. The summed E-state index contributed by atoms with van der Waals surface area (Å²) in [4.78, 5) is 12.0. The Morgan fingerprint density at radius 2 is 1.92 bits per heavy atom. The zero-order chi connectivity index (χ0) is 18.5. The van der Waals surface area contributed by atoms with Gasteiger partial charge in [0.15, 0.2) is 11.0 Å². The number of hydrogen-bond acceptors (Lipinski definition) is 4. The Labute approximate surface area is 159 Å². The average Bonchev–Trinajstić information content (AvgIpc) is 3.00. The van der Waals surface area contributed by atoms with Crippen molar-refractivity contribution in [3.8, 4) is 11.4 Å². The first-order chi connectivity index (χ1) is 12.5. The normalized spacial score (nSPS) is 10.7. The molecule has 0 saturated carbocycles. The maximum Gasteiger partial charge on any atom is 0.230 e. The van der Waals surface area contributed by atoms with Gasteiger partial charge in [-0.2, -0.15) is 0 Å². The van der Waals surface area contributed by atoms with Crippen LogP contribution in [0.5, 0.6) is 0 Å². The number of carbonyl (C=O) groups is 1.